The Morgan fingerprint density at radius 2 is 2.11 bits per heavy atom. The number of nitrogens with one attached hydrogen (secondary N) is 2. The molecular formula is C15H23N3O. The van der Waals surface area contributed by atoms with Crippen molar-refractivity contribution < 1.29 is 4.79 Å². The van der Waals surface area contributed by atoms with Gasteiger partial charge in [0.15, 0.2) is 0 Å². The average molecular weight is 261 g/mol. The van der Waals surface area contributed by atoms with Crippen LogP contribution in [0.15, 0.2) is 24.3 Å². The maximum absolute atomic E-state index is 11.9. The van der Waals surface area contributed by atoms with Crippen LogP contribution in [0.1, 0.15) is 49.9 Å². The van der Waals surface area contributed by atoms with Crippen LogP contribution in [0.3, 0.4) is 0 Å². The lowest BCUT2D eigenvalue weighted by molar-refractivity contribution is -0.122. The van der Waals surface area contributed by atoms with Gasteiger partial charge in [-0.15, -0.1) is 0 Å². The lowest BCUT2D eigenvalue weighted by atomic mass is 10.1. The first-order valence-corrected chi connectivity index (χ1v) is 7.01. The molecule has 0 fully saturated rings. The molecule has 4 nitrogen and oxygen atoms in total. The number of carbonyl (C=O) groups is 1. The summed E-state index contributed by atoms with van der Waals surface area (Å²) in [6, 6.07) is 8.24. The number of rotatable bonds is 5. The smallest absolute Gasteiger partial charge is 0.236 e. The number of amides is 1. The van der Waals surface area contributed by atoms with Crippen molar-refractivity contribution in [2.75, 3.05) is 6.54 Å². The minimum atomic E-state index is -0.199. The molecule has 1 aliphatic carbocycles. The van der Waals surface area contributed by atoms with Gasteiger partial charge in [-0.05, 0) is 30.9 Å². The highest BCUT2D eigenvalue weighted by Gasteiger charge is 2.29. The monoisotopic (exact) mass is 261 g/mol. The first kappa shape index (κ1) is 14.0. The summed E-state index contributed by atoms with van der Waals surface area (Å²) >= 11 is 0. The van der Waals surface area contributed by atoms with E-state index in [0.29, 0.717) is 0 Å². The summed E-state index contributed by atoms with van der Waals surface area (Å²) in [7, 11) is 0. The number of hydrogen-bond donors (Lipinski definition) is 3. The van der Waals surface area contributed by atoms with Crippen molar-refractivity contribution in [2.45, 2.75) is 44.8 Å². The highest BCUT2D eigenvalue weighted by Crippen LogP contribution is 2.37. The SMILES string of the molecule is CCCNC(=O)C(C)NC1CC(N)c2ccccc21. The Balaban J connectivity index is 1.99. The Labute approximate surface area is 114 Å². The molecule has 1 aliphatic rings. The molecule has 1 amide bonds. The van der Waals surface area contributed by atoms with Gasteiger partial charge in [-0.3, -0.25) is 10.1 Å². The van der Waals surface area contributed by atoms with Crippen LogP contribution in [-0.4, -0.2) is 18.5 Å². The quantitative estimate of drug-likeness (QED) is 0.755. The molecule has 0 heterocycles. The van der Waals surface area contributed by atoms with Gasteiger partial charge >= 0.3 is 0 Å². The molecule has 4 N–H and O–H groups in total. The minimum absolute atomic E-state index is 0.0554. The van der Waals surface area contributed by atoms with Gasteiger partial charge in [0.25, 0.3) is 0 Å². The van der Waals surface area contributed by atoms with Crippen LogP contribution in [0.25, 0.3) is 0 Å². The van der Waals surface area contributed by atoms with Gasteiger partial charge < -0.3 is 11.1 Å². The maximum Gasteiger partial charge on any atom is 0.236 e. The summed E-state index contributed by atoms with van der Waals surface area (Å²) in [5, 5.41) is 6.29. The fourth-order valence-electron chi connectivity index (χ4n) is 2.61. The minimum Gasteiger partial charge on any atom is -0.355 e. The standard InChI is InChI=1S/C15H23N3O/c1-3-8-17-15(19)10(2)18-14-9-13(16)11-6-4-5-7-12(11)14/h4-7,10,13-14,18H,3,8-9,16H2,1-2H3,(H,17,19). The van der Waals surface area contributed by atoms with Crippen molar-refractivity contribution >= 4 is 5.91 Å². The molecular weight excluding hydrogens is 238 g/mol. The highest BCUT2D eigenvalue weighted by atomic mass is 16.2. The molecule has 19 heavy (non-hydrogen) atoms. The first-order valence-electron chi connectivity index (χ1n) is 7.01. The third-order valence-corrected chi connectivity index (χ3v) is 3.65. The van der Waals surface area contributed by atoms with Gasteiger partial charge in [0.2, 0.25) is 5.91 Å². The van der Waals surface area contributed by atoms with E-state index in [1.165, 1.54) is 11.1 Å². The third kappa shape index (κ3) is 3.14. The molecule has 0 spiro atoms. The number of hydrogen-bond acceptors (Lipinski definition) is 3. The zero-order valence-corrected chi connectivity index (χ0v) is 11.6. The molecule has 0 radical (unpaired) electrons. The van der Waals surface area contributed by atoms with Gasteiger partial charge in [-0.25, -0.2) is 0 Å². The van der Waals surface area contributed by atoms with E-state index in [4.69, 9.17) is 5.73 Å². The molecule has 3 unspecified atom stereocenters. The van der Waals surface area contributed by atoms with E-state index in [-0.39, 0.29) is 24.0 Å². The fraction of sp³-hybridized carbons (Fsp3) is 0.533. The van der Waals surface area contributed by atoms with Gasteiger partial charge in [-0.2, -0.15) is 0 Å². The Morgan fingerprint density at radius 3 is 2.79 bits per heavy atom. The molecule has 2 rings (SSSR count). The molecule has 0 aromatic heterocycles. The van der Waals surface area contributed by atoms with Crippen molar-refractivity contribution in [3.05, 3.63) is 35.4 Å². The van der Waals surface area contributed by atoms with Crippen LogP contribution in [0.4, 0.5) is 0 Å². The lowest BCUT2D eigenvalue weighted by Gasteiger charge is -2.20. The van der Waals surface area contributed by atoms with Crippen molar-refractivity contribution in [3.8, 4) is 0 Å². The second-order valence-corrected chi connectivity index (χ2v) is 5.20. The van der Waals surface area contributed by atoms with Crippen LogP contribution < -0.4 is 16.4 Å². The van der Waals surface area contributed by atoms with Crippen molar-refractivity contribution in [2.24, 2.45) is 5.73 Å². The number of fused-ring (bicyclic) bond motifs is 1. The molecule has 0 bridgehead atoms. The van der Waals surface area contributed by atoms with Crippen molar-refractivity contribution in [3.63, 3.8) is 0 Å². The predicted octanol–water partition coefficient (Wildman–Crippen LogP) is 1.64. The van der Waals surface area contributed by atoms with E-state index < -0.39 is 0 Å². The van der Waals surface area contributed by atoms with Crippen LogP contribution in [-0.2, 0) is 4.79 Å². The molecule has 0 saturated carbocycles. The summed E-state index contributed by atoms with van der Waals surface area (Å²) in [6.07, 6.45) is 1.81. The molecule has 4 heteroatoms. The zero-order chi connectivity index (χ0) is 13.8. The Bertz CT molecular complexity index is 447. The van der Waals surface area contributed by atoms with E-state index in [9.17, 15) is 4.79 Å². The van der Waals surface area contributed by atoms with Gasteiger partial charge in [0, 0.05) is 18.6 Å². The van der Waals surface area contributed by atoms with E-state index >= 15 is 0 Å². The number of carbonyl (C=O) groups excluding carboxylic acids is 1. The van der Waals surface area contributed by atoms with Gasteiger partial charge in [0.05, 0.1) is 6.04 Å². The summed E-state index contributed by atoms with van der Waals surface area (Å²) in [4.78, 5) is 11.9. The Hall–Kier alpha value is -1.39. The number of nitrogens with two attached hydrogens (primary N) is 1. The highest BCUT2D eigenvalue weighted by molar-refractivity contribution is 5.81. The molecule has 3 atom stereocenters. The Kier molecular flexibility index (Phi) is 4.56. The average Bonchev–Trinajstić information content (AvgIpc) is 2.73. The van der Waals surface area contributed by atoms with E-state index in [2.05, 4.69) is 22.8 Å². The maximum atomic E-state index is 11.9. The molecule has 0 saturated heterocycles. The zero-order valence-electron chi connectivity index (χ0n) is 11.6. The van der Waals surface area contributed by atoms with E-state index in [0.717, 1.165) is 19.4 Å². The third-order valence-electron chi connectivity index (χ3n) is 3.65. The first-order chi connectivity index (χ1) is 9.13. The van der Waals surface area contributed by atoms with Crippen molar-refractivity contribution in [1.29, 1.82) is 0 Å². The molecule has 1 aromatic rings. The molecule has 0 aliphatic heterocycles. The summed E-state index contributed by atoms with van der Waals surface area (Å²) in [5.41, 5.74) is 8.55. The second-order valence-electron chi connectivity index (χ2n) is 5.20. The van der Waals surface area contributed by atoms with E-state index in [1.807, 2.05) is 26.0 Å². The normalized spacial score (nSPS) is 22.9. The Morgan fingerprint density at radius 1 is 1.42 bits per heavy atom. The van der Waals surface area contributed by atoms with Crippen LogP contribution in [0.5, 0.6) is 0 Å². The van der Waals surface area contributed by atoms with Crippen LogP contribution in [0, 0.1) is 0 Å². The fourth-order valence-corrected chi connectivity index (χ4v) is 2.61. The predicted molar refractivity (Wildman–Crippen MR) is 76.6 cm³/mol. The largest absolute Gasteiger partial charge is 0.355 e. The van der Waals surface area contributed by atoms with E-state index in [1.54, 1.807) is 0 Å². The van der Waals surface area contributed by atoms with Crippen molar-refractivity contribution in [1.82, 2.24) is 10.6 Å². The topological polar surface area (TPSA) is 67.2 Å². The summed E-state index contributed by atoms with van der Waals surface area (Å²) in [6.45, 7) is 4.67. The summed E-state index contributed by atoms with van der Waals surface area (Å²) < 4.78 is 0. The molecule has 1 aromatic carbocycles. The lowest BCUT2D eigenvalue weighted by Crippen LogP contribution is -2.43. The van der Waals surface area contributed by atoms with Crippen LogP contribution in [0.2, 0.25) is 0 Å². The molecule has 104 valence electrons. The van der Waals surface area contributed by atoms with Gasteiger partial charge in [-0.1, -0.05) is 31.2 Å². The number of benzene rings is 1. The summed E-state index contributed by atoms with van der Waals surface area (Å²) in [5.74, 6) is 0.0554. The second kappa shape index (κ2) is 6.17. The van der Waals surface area contributed by atoms with Crippen LogP contribution >= 0.6 is 0 Å². The van der Waals surface area contributed by atoms with Gasteiger partial charge in [0.1, 0.15) is 0 Å².